The van der Waals surface area contributed by atoms with Gasteiger partial charge in [-0.2, -0.15) is 5.10 Å². The van der Waals surface area contributed by atoms with E-state index in [-0.39, 0.29) is 0 Å². The Hall–Kier alpha value is -2.84. The number of anilines is 1. The lowest BCUT2D eigenvalue weighted by atomic mass is 10.1. The zero-order valence-corrected chi connectivity index (χ0v) is 11.2. The zero-order valence-electron chi connectivity index (χ0n) is 11.2. The van der Waals surface area contributed by atoms with Crippen LogP contribution in [0.25, 0.3) is 0 Å². The summed E-state index contributed by atoms with van der Waals surface area (Å²) in [4.78, 5) is 23.0. The number of aromatic carboxylic acids is 1. The predicted molar refractivity (Wildman–Crippen MR) is 69.5 cm³/mol. The van der Waals surface area contributed by atoms with Crippen molar-refractivity contribution in [2.45, 2.75) is 6.43 Å². The summed E-state index contributed by atoms with van der Waals surface area (Å²) in [5, 5.41) is 14.4. The number of rotatable bonds is 4. The predicted octanol–water partition coefficient (Wildman–Crippen LogP) is 2.45. The summed E-state index contributed by atoms with van der Waals surface area (Å²) in [6.45, 7) is 0. The first-order chi connectivity index (χ1) is 10.3. The van der Waals surface area contributed by atoms with Gasteiger partial charge in [0.25, 0.3) is 12.3 Å². The second-order valence-corrected chi connectivity index (χ2v) is 4.32. The molecule has 0 aliphatic heterocycles. The number of carbonyl (C=O) groups is 2. The van der Waals surface area contributed by atoms with Crippen LogP contribution in [0.3, 0.4) is 0 Å². The van der Waals surface area contributed by atoms with Crippen LogP contribution in [0.4, 0.5) is 18.9 Å². The van der Waals surface area contributed by atoms with Gasteiger partial charge in [-0.05, 0) is 12.1 Å². The first-order valence-corrected chi connectivity index (χ1v) is 5.96. The standard InChI is InChI=1S/C13H10F3N3O3/c1-19-5-7(10(18-19)11(15)16)12(20)17-9-6(13(21)22)3-2-4-8(9)14/h2-5,11H,1H3,(H,17,20)(H,21,22). The molecule has 0 radical (unpaired) electrons. The molecule has 116 valence electrons. The molecule has 9 heteroatoms. The van der Waals surface area contributed by atoms with Gasteiger partial charge in [0.2, 0.25) is 0 Å². The van der Waals surface area contributed by atoms with E-state index in [0.29, 0.717) is 0 Å². The number of benzene rings is 1. The number of nitrogens with one attached hydrogen (secondary N) is 1. The van der Waals surface area contributed by atoms with Crippen LogP contribution in [0, 0.1) is 5.82 Å². The van der Waals surface area contributed by atoms with Gasteiger partial charge in [0.1, 0.15) is 11.5 Å². The highest BCUT2D eigenvalue weighted by atomic mass is 19.3. The lowest BCUT2D eigenvalue weighted by molar-refractivity contribution is 0.0697. The van der Waals surface area contributed by atoms with Gasteiger partial charge in [-0.25, -0.2) is 18.0 Å². The van der Waals surface area contributed by atoms with E-state index in [4.69, 9.17) is 5.11 Å². The van der Waals surface area contributed by atoms with E-state index in [1.54, 1.807) is 0 Å². The van der Waals surface area contributed by atoms with Crippen molar-refractivity contribution in [1.82, 2.24) is 9.78 Å². The maximum atomic E-state index is 13.7. The van der Waals surface area contributed by atoms with Gasteiger partial charge < -0.3 is 10.4 Å². The molecule has 0 bridgehead atoms. The van der Waals surface area contributed by atoms with Gasteiger partial charge in [0.15, 0.2) is 0 Å². The number of aromatic nitrogens is 2. The third kappa shape index (κ3) is 2.92. The molecule has 0 saturated carbocycles. The summed E-state index contributed by atoms with van der Waals surface area (Å²) in [5.41, 5.74) is -2.31. The van der Waals surface area contributed by atoms with Crippen molar-refractivity contribution in [1.29, 1.82) is 0 Å². The van der Waals surface area contributed by atoms with Crippen molar-refractivity contribution in [2.75, 3.05) is 5.32 Å². The van der Waals surface area contributed by atoms with E-state index in [1.807, 2.05) is 5.32 Å². The molecule has 6 nitrogen and oxygen atoms in total. The van der Waals surface area contributed by atoms with Crippen molar-refractivity contribution in [2.24, 2.45) is 7.05 Å². The van der Waals surface area contributed by atoms with Crippen LogP contribution in [0.15, 0.2) is 24.4 Å². The Balaban J connectivity index is 2.40. The molecule has 1 amide bonds. The number of alkyl halides is 2. The number of hydrogen-bond acceptors (Lipinski definition) is 3. The molecule has 22 heavy (non-hydrogen) atoms. The topological polar surface area (TPSA) is 84.2 Å². The van der Waals surface area contributed by atoms with Gasteiger partial charge in [0, 0.05) is 13.2 Å². The van der Waals surface area contributed by atoms with Crippen LogP contribution < -0.4 is 5.32 Å². The fraction of sp³-hybridized carbons (Fsp3) is 0.154. The first kappa shape index (κ1) is 15.5. The molecule has 2 rings (SSSR count). The molecular formula is C13H10F3N3O3. The number of aryl methyl sites for hydroxylation is 1. The van der Waals surface area contributed by atoms with Crippen LogP contribution in [0.1, 0.15) is 32.8 Å². The van der Waals surface area contributed by atoms with E-state index in [9.17, 15) is 22.8 Å². The van der Waals surface area contributed by atoms with Crippen molar-refractivity contribution in [3.05, 3.63) is 47.0 Å². The monoisotopic (exact) mass is 313 g/mol. The van der Waals surface area contributed by atoms with E-state index in [1.165, 1.54) is 7.05 Å². The number of halogens is 3. The number of para-hydroxylation sites is 1. The second-order valence-electron chi connectivity index (χ2n) is 4.32. The first-order valence-electron chi connectivity index (χ1n) is 5.96. The molecule has 2 N–H and O–H groups in total. The van der Waals surface area contributed by atoms with Gasteiger partial charge >= 0.3 is 5.97 Å². The van der Waals surface area contributed by atoms with Gasteiger partial charge in [-0.1, -0.05) is 6.07 Å². The molecule has 0 fully saturated rings. The molecule has 0 spiro atoms. The quantitative estimate of drug-likeness (QED) is 0.908. The Labute approximate surface area is 122 Å². The zero-order chi connectivity index (χ0) is 16.4. The maximum absolute atomic E-state index is 13.7. The summed E-state index contributed by atoms with van der Waals surface area (Å²) in [7, 11) is 1.34. The highest BCUT2D eigenvalue weighted by Crippen LogP contribution is 2.24. The lowest BCUT2D eigenvalue weighted by Gasteiger charge is -2.09. The Bertz CT molecular complexity index is 743. The Morgan fingerprint density at radius 1 is 1.32 bits per heavy atom. The Morgan fingerprint density at radius 2 is 2.00 bits per heavy atom. The number of amides is 1. The number of carbonyl (C=O) groups excluding carboxylic acids is 1. The van der Waals surface area contributed by atoms with Crippen LogP contribution >= 0.6 is 0 Å². The normalized spacial score (nSPS) is 10.8. The number of carboxylic acid groups (broad SMARTS) is 1. The summed E-state index contributed by atoms with van der Waals surface area (Å²) in [5.74, 6) is -3.53. The summed E-state index contributed by atoms with van der Waals surface area (Å²) >= 11 is 0. The smallest absolute Gasteiger partial charge is 0.337 e. The Kier molecular flexibility index (Phi) is 4.15. The van der Waals surface area contributed by atoms with Crippen LogP contribution in [0.2, 0.25) is 0 Å². The second kappa shape index (κ2) is 5.88. The minimum atomic E-state index is -3.00. The molecule has 0 saturated heterocycles. The van der Waals surface area contributed by atoms with E-state index < -0.39 is 46.6 Å². The molecule has 0 unspecified atom stereocenters. The number of nitrogens with zero attached hydrogens (tertiary/aromatic N) is 2. The SMILES string of the molecule is Cn1cc(C(=O)Nc2c(F)cccc2C(=O)O)c(C(F)F)n1. The number of carboxylic acids is 1. The van der Waals surface area contributed by atoms with Crippen LogP contribution in [-0.4, -0.2) is 26.8 Å². The molecule has 1 aromatic carbocycles. The lowest BCUT2D eigenvalue weighted by Crippen LogP contribution is -2.17. The number of hydrogen-bond donors (Lipinski definition) is 2. The van der Waals surface area contributed by atoms with Crippen LogP contribution in [-0.2, 0) is 7.05 Å². The van der Waals surface area contributed by atoms with Gasteiger partial charge in [-0.15, -0.1) is 0 Å². The van der Waals surface area contributed by atoms with Crippen molar-refractivity contribution in [3.8, 4) is 0 Å². The largest absolute Gasteiger partial charge is 0.478 e. The molecule has 2 aromatic rings. The average molecular weight is 313 g/mol. The van der Waals surface area contributed by atoms with Crippen molar-refractivity contribution >= 4 is 17.6 Å². The molecule has 0 aliphatic rings. The van der Waals surface area contributed by atoms with E-state index in [0.717, 1.165) is 29.1 Å². The molecule has 1 aromatic heterocycles. The minimum Gasteiger partial charge on any atom is -0.478 e. The fourth-order valence-corrected chi connectivity index (χ4v) is 1.85. The highest BCUT2D eigenvalue weighted by molar-refractivity contribution is 6.08. The summed E-state index contributed by atoms with van der Waals surface area (Å²) < 4.78 is 40.3. The Morgan fingerprint density at radius 3 is 2.59 bits per heavy atom. The average Bonchev–Trinajstić information content (AvgIpc) is 2.83. The van der Waals surface area contributed by atoms with Crippen LogP contribution in [0.5, 0.6) is 0 Å². The summed E-state index contributed by atoms with van der Waals surface area (Å²) in [6, 6.07) is 3.18. The minimum absolute atomic E-state index is 0.461. The molecule has 0 aliphatic carbocycles. The fourth-order valence-electron chi connectivity index (χ4n) is 1.85. The van der Waals surface area contributed by atoms with E-state index in [2.05, 4.69) is 5.10 Å². The van der Waals surface area contributed by atoms with Gasteiger partial charge in [-0.3, -0.25) is 9.48 Å². The third-order valence-corrected chi connectivity index (χ3v) is 2.79. The highest BCUT2D eigenvalue weighted by Gasteiger charge is 2.24. The molecule has 0 atom stereocenters. The summed E-state index contributed by atoms with van der Waals surface area (Å²) in [6.07, 6.45) is -1.96. The van der Waals surface area contributed by atoms with E-state index >= 15 is 0 Å². The van der Waals surface area contributed by atoms with Gasteiger partial charge in [0.05, 0.1) is 16.8 Å². The van der Waals surface area contributed by atoms with Crippen molar-refractivity contribution < 1.29 is 27.9 Å². The maximum Gasteiger partial charge on any atom is 0.337 e. The third-order valence-electron chi connectivity index (χ3n) is 2.79. The van der Waals surface area contributed by atoms with Crippen molar-refractivity contribution in [3.63, 3.8) is 0 Å². The molecule has 1 heterocycles. The molecular weight excluding hydrogens is 303 g/mol.